The molecule has 130 valence electrons. The van der Waals surface area contributed by atoms with E-state index in [1.54, 1.807) is 0 Å². The Morgan fingerprint density at radius 3 is 2.60 bits per heavy atom. The van der Waals surface area contributed by atoms with E-state index in [2.05, 4.69) is 55.0 Å². The summed E-state index contributed by atoms with van der Waals surface area (Å²) in [6.07, 6.45) is 6.47. The SMILES string of the molecule is O=C(C1CCN(c2ccncc2Br)CC1)N1CCc2ccccc2C1. The maximum absolute atomic E-state index is 13.0. The highest BCUT2D eigenvalue weighted by molar-refractivity contribution is 9.10. The third-order valence-corrected chi connectivity index (χ3v) is 5.99. The number of carbonyl (C=O) groups is 1. The summed E-state index contributed by atoms with van der Waals surface area (Å²) in [5.74, 6) is 0.491. The molecule has 25 heavy (non-hydrogen) atoms. The Morgan fingerprint density at radius 1 is 1.08 bits per heavy atom. The third-order valence-electron chi connectivity index (χ3n) is 5.38. The Kier molecular flexibility index (Phi) is 4.75. The van der Waals surface area contributed by atoms with Crippen LogP contribution < -0.4 is 4.90 Å². The van der Waals surface area contributed by atoms with Gasteiger partial charge in [0.05, 0.1) is 10.2 Å². The van der Waals surface area contributed by atoms with Crippen molar-refractivity contribution in [1.82, 2.24) is 9.88 Å². The van der Waals surface area contributed by atoms with Crippen molar-refractivity contribution in [1.29, 1.82) is 0 Å². The zero-order valence-corrected chi connectivity index (χ0v) is 15.8. The highest BCUT2D eigenvalue weighted by atomic mass is 79.9. The molecule has 1 aromatic heterocycles. The first kappa shape index (κ1) is 16.6. The molecule has 0 unspecified atom stereocenters. The molecule has 0 radical (unpaired) electrons. The molecule has 4 rings (SSSR count). The average Bonchev–Trinajstić information content (AvgIpc) is 2.67. The first-order valence-electron chi connectivity index (χ1n) is 8.92. The first-order chi connectivity index (χ1) is 12.2. The summed E-state index contributed by atoms with van der Waals surface area (Å²) in [5, 5.41) is 0. The molecule has 1 fully saturated rings. The van der Waals surface area contributed by atoms with Gasteiger partial charge in [-0.05, 0) is 52.4 Å². The van der Waals surface area contributed by atoms with Crippen LogP contribution in [0.4, 0.5) is 5.69 Å². The second-order valence-electron chi connectivity index (χ2n) is 6.87. The minimum Gasteiger partial charge on any atom is -0.370 e. The molecule has 1 amide bonds. The molecule has 0 aliphatic carbocycles. The van der Waals surface area contributed by atoms with Gasteiger partial charge in [-0.25, -0.2) is 0 Å². The standard InChI is InChI=1S/C20H22BrN3O/c21-18-13-22-9-5-19(18)23-10-7-16(8-11-23)20(25)24-12-6-15-3-1-2-4-17(15)14-24/h1-5,9,13,16H,6-8,10-12,14H2. The van der Waals surface area contributed by atoms with Crippen molar-refractivity contribution in [2.24, 2.45) is 5.92 Å². The molecule has 2 aliphatic heterocycles. The van der Waals surface area contributed by atoms with Crippen molar-refractivity contribution >= 4 is 27.5 Å². The fourth-order valence-electron chi connectivity index (χ4n) is 3.93. The van der Waals surface area contributed by atoms with Gasteiger partial charge >= 0.3 is 0 Å². The van der Waals surface area contributed by atoms with Gasteiger partial charge in [0, 0.05) is 44.5 Å². The van der Waals surface area contributed by atoms with Gasteiger partial charge in [-0.1, -0.05) is 24.3 Å². The van der Waals surface area contributed by atoms with Crippen molar-refractivity contribution in [3.8, 4) is 0 Å². The van der Waals surface area contributed by atoms with E-state index in [1.807, 2.05) is 18.5 Å². The number of aromatic nitrogens is 1. The summed E-state index contributed by atoms with van der Waals surface area (Å²) in [4.78, 5) is 21.5. The number of pyridine rings is 1. The van der Waals surface area contributed by atoms with Crippen LogP contribution in [0.25, 0.3) is 0 Å². The second-order valence-corrected chi connectivity index (χ2v) is 7.72. The quantitative estimate of drug-likeness (QED) is 0.773. The van der Waals surface area contributed by atoms with Crippen LogP contribution in [0.2, 0.25) is 0 Å². The lowest BCUT2D eigenvalue weighted by Gasteiger charge is -2.37. The molecule has 3 heterocycles. The molecular weight excluding hydrogens is 378 g/mol. The van der Waals surface area contributed by atoms with E-state index in [-0.39, 0.29) is 5.92 Å². The highest BCUT2D eigenvalue weighted by Gasteiger charge is 2.30. The number of amides is 1. The molecule has 1 aromatic carbocycles. The van der Waals surface area contributed by atoms with Gasteiger partial charge in [0.15, 0.2) is 0 Å². The Balaban J connectivity index is 1.38. The number of hydrogen-bond acceptors (Lipinski definition) is 3. The number of fused-ring (bicyclic) bond motifs is 1. The van der Waals surface area contributed by atoms with Gasteiger partial charge in [-0.15, -0.1) is 0 Å². The predicted octanol–water partition coefficient (Wildman–Crippen LogP) is 3.65. The van der Waals surface area contributed by atoms with Crippen LogP contribution in [0.5, 0.6) is 0 Å². The van der Waals surface area contributed by atoms with Gasteiger partial charge in [-0.2, -0.15) is 0 Å². The van der Waals surface area contributed by atoms with Crippen LogP contribution in [0.1, 0.15) is 24.0 Å². The van der Waals surface area contributed by atoms with Gasteiger partial charge in [-0.3, -0.25) is 9.78 Å². The summed E-state index contributed by atoms with van der Waals surface area (Å²) >= 11 is 3.57. The fraction of sp³-hybridized carbons (Fsp3) is 0.400. The van der Waals surface area contributed by atoms with E-state index in [1.165, 1.54) is 16.8 Å². The molecule has 1 saturated heterocycles. The highest BCUT2D eigenvalue weighted by Crippen LogP contribution is 2.30. The molecule has 5 heteroatoms. The maximum atomic E-state index is 13.0. The fourth-order valence-corrected chi connectivity index (χ4v) is 4.43. The van der Waals surface area contributed by atoms with Crippen molar-refractivity contribution < 1.29 is 4.79 Å². The lowest BCUT2D eigenvalue weighted by atomic mass is 9.93. The molecule has 4 nitrogen and oxygen atoms in total. The van der Waals surface area contributed by atoms with Crippen molar-refractivity contribution in [3.05, 3.63) is 58.3 Å². The van der Waals surface area contributed by atoms with Crippen LogP contribution in [-0.4, -0.2) is 35.4 Å². The largest absolute Gasteiger partial charge is 0.370 e. The molecular formula is C20H22BrN3O. The Hall–Kier alpha value is -1.88. The summed E-state index contributed by atoms with van der Waals surface area (Å²) in [6, 6.07) is 10.5. The molecule has 2 aromatic rings. The van der Waals surface area contributed by atoms with Crippen molar-refractivity contribution in [2.75, 3.05) is 24.5 Å². The van der Waals surface area contributed by atoms with Crippen molar-refractivity contribution in [2.45, 2.75) is 25.8 Å². The van der Waals surface area contributed by atoms with E-state index < -0.39 is 0 Å². The van der Waals surface area contributed by atoms with Crippen LogP contribution in [0, 0.1) is 5.92 Å². The number of piperidine rings is 1. The Labute approximate surface area is 157 Å². The van der Waals surface area contributed by atoms with Crippen LogP contribution in [-0.2, 0) is 17.8 Å². The predicted molar refractivity (Wildman–Crippen MR) is 102 cm³/mol. The molecule has 0 N–H and O–H groups in total. The molecule has 2 aliphatic rings. The van der Waals surface area contributed by atoms with E-state index in [0.29, 0.717) is 5.91 Å². The minimum atomic E-state index is 0.155. The van der Waals surface area contributed by atoms with Gasteiger partial charge in [0.1, 0.15) is 0 Å². The first-order valence-corrected chi connectivity index (χ1v) is 9.71. The number of anilines is 1. The van der Waals surface area contributed by atoms with E-state index in [4.69, 9.17) is 0 Å². The van der Waals surface area contributed by atoms with E-state index in [9.17, 15) is 4.79 Å². The molecule has 0 spiro atoms. The number of hydrogen-bond donors (Lipinski definition) is 0. The van der Waals surface area contributed by atoms with E-state index in [0.717, 1.165) is 49.9 Å². The van der Waals surface area contributed by atoms with Crippen molar-refractivity contribution in [3.63, 3.8) is 0 Å². The number of halogens is 1. The smallest absolute Gasteiger partial charge is 0.226 e. The molecule has 0 atom stereocenters. The number of nitrogens with zero attached hydrogens (tertiary/aromatic N) is 3. The third kappa shape index (κ3) is 3.43. The normalized spacial score (nSPS) is 18.1. The number of benzene rings is 1. The zero-order valence-electron chi connectivity index (χ0n) is 14.2. The Bertz CT molecular complexity index is 771. The van der Waals surface area contributed by atoms with E-state index >= 15 is 0 Å². The average molecular weight is 400 g/mol. The maximum Gasteiger partial charge on any atom is 0.226 e. The lowest BCUT2D eigenvalue weighted by Crippen LogP contribution is -2.44. The second kappa shape index (κ2) is 7.16. The summed E-state index contributed by atoms with van der Waals surface area (Å²) in [5.41, 5.74) is 3.87. The van der Waals surface area contributed by atoms with Crippen LogP contribution in [0.15, 0.2) is 47.2 Å². The minimum absolute atomic E-state index is 0.155. The topological polar surface area (TPSA) is 36.4 Å². The van der Waals surface area contributed by atoms with Gasteiger partial charge < -0.3 is 9.80 Å². The summed E-state index contributed by atoms with van der Waals surface area (Å²) in [7, 11) is 0. The van der Waals surface area contributed by atoms with Gasteiger partial charge in [0.2, 0.25) is 5.91 Å². The van der Waals surface area contributed by atoms with Gasteiger partial charge in [0.25, 0.3) is 0 Å². The monoisotopic (exact) mass is 399 g/mol. The summed E-state index contributed by atoms with van der Waals surface area (Å²) in [6.45, 7) is 3.46. The summed E-state index contributed by atoms with van der Waals surface area (Å²) < 4.78 is 1.02. The molecule has 0 bridgehead atoms. The zero-order chi connectivity index (χ0) is 17.2. The number of carbonyl (C=O) groups excluding carboxylic acids is 1. The number of rotatable bonds is 2. The molecule has 0 saturated carbocycles. The van der Waals surface area contributed by atoms with Crippen LogP contribution in [0.3, 0.4) is 0 Å². The lowest BCUT2D eigenvalue weighted by molar-refractivity contribution is -0.137. The Morgan fingerprint density at radius 2 is 1.84 bits per heavy atom. The van der Waals surface area contributed by atoms with Crippen LogP contribution >= 0.6 is 15.9 Å².